The zero-order valence-corrected chi connectivity index (χ0v) is 14.4. The number of anilines is 1. The van der Waals surface area contributed by atoms with Gasteiger partial charge in [-0.1, -0.05) is 12.1 Å². The number of nitrogens with one attached hydrogen (secondary N) is 1. The van der Waals surface area contributed by atoms with E-state index in [1.54, 1.807) is 30.3 Å². The van der Waals surface area contributed by atoms with Crippen molar-refractivity contribution in [2.45, 2.75) is 6.92 Å². The van der Waals surface area contributed by atoms with Crippen molar-refractivity contribution in [2.75, 3.05) is 5.32 Å². The lowest BCUT2D eigenvalue weighted by Crippen LogP contribution is -2.15. The molecule has 0 spiro atoms. The summed E-state index contributed by atoms with van der Waals surface area (Å²) in [6.07, 6.45) is 0. The maximum atomic E-state index is 12.3. The Morgan fingerprint density at radius 3 is 2.50 bits per heavy atom. The highest BCUT2D eigenvalue weighted by Gasteiger charge is 2.13. The van der Waals surface area contributed by atoms with Gasteiger partial charge in [0.05, 0.1) is 11.3 Å². The predicted octanol–water partition coefficient (Wildman–Crippen LogP) is 4.51. The van der Waals surface area contributed by atoms with Crippen molar-refractivity contribution in [1.29, 1.82) is 0 Å². The van der Waals surface area contributed by atoms with Gasteiger partial charge in [0, 0.05) is 13.6 Å². The van der Waals surface area contributed by atoms with Crippen LogP contribution in [0.1, 0.15) is 27.6 Å². The summed E-state index contributed by atoms with van der Waals surface area (Å²) in [5.74, 6) is -0.327. The first-order chi connectivity index (χ1) is 9.49. The van der Waals surface area contributed by atoms with Crippen LogP contribution in [0.5, 0.6) is 0 Å². The molecule has 0 saturated carbocycles. The van der Waals surface area contributed by atoms with Gasteiger partial charge in [-0.15, -0.1) is 0 Å². The Morgan fingerprint density at radius 1 is 1.10 bits per heavy atom. The highest BCUT2D eigenvalue weighted by atomic mass is 127. The van der Waals surface area contributed by atoms with Crippen molar-refractivity contribution in [1.82, 2.24) is 0 Å². The van der Waals surface area contributed by atoms with E-state index in [2.05, 4.69) is 43.8 Å². The average Bonchev–Trinajstić information content (AvgIpc) is 2.41. The maximum Gasteiger partial charge on any atom is 0.256 e. The number of rotatable bonds is 3. The fourth-order valence-electron chi connectivity index (χ4n) is 1.76. The van der Waals surface area contributed by atoms with Crippen molar-refractivity contribution in [3.05, 3.63) is 61.6 Å². The molecule has 0 aliphatic heterocycles. The molecule has 1 N–H and O–H groups in total. The summed E-state index contributed by atoms with van der Waals surface area (Å²) in [6.45, 7) is 1.48. The minimum atomic E-state index is -0.246. The summed E-state index contributed by atoms with van der Waals surface area (Å²) in [5.41, 5.74) is 1.56. The van der Waals surface area contributed by atoms with Crippen LogP contribution in [0.3, 0.4) is 0 Å². The average molecular weight is 444 g/mol. The second-order valence-corrected chi connectivity index (χ2v) is 6.28. The van der Waals surface area contributed by atoms with Gasteiger partial charge in [0.25, 0.3) is 5.91 Å². The first-order valence-electron chi connectivity index (χ1n) is 5.85. The van der Waals surface area contributed by atoms with Gasteiger partial charge < -0.3 is 5.32 Å². The van der Waals surface area contributed by atoms with Gasteiger partial charge in [-0.25, -0.2) is 0 Å². The number of ketones is 1. The summed E-state index contributed by atoms with van der Waals surface area (Å²) < 4.78 is 1.69. The van der Waals surface area contributed by atoms with Gasteiger partial charge in [-0.2, -0.15) is 0 Å². The zero-order valence-electron chi connectivity index (χ0n) is 10.6. The first kappa shape index (κ1) is 15.2. The zero-order chi connectivity index (χ0) is 14.7. The molecule has 0 aliphatic rings. The molecule has 0 bridgehead atoms. The highest BCUT2D eigenvalue weighted by molar-refractivity contribution is 14.1. The Hall–Kier alpha value is -1.21. The van der Waals surface area contributed by atoms with Crippen LogP contribution in [0, 0.1) is 3.57 Å². The van der Waals surface area contributed by atoms with Crippen LogP contribution in [-0.4, -0.2) is 11.7 Å². The van der Waals surface area contributed by atoms with Crippen LogP contribution in [0.4, 0.5) is 5.69 Å². The molecule has 3 nitrogen and oxygen atoms in total. The fourth-order valence-corrected chi connectivity index (χ4v) is 2.68. The number of benzene rings is 2. The molecular formula is C15H11BrINO2. The van der Waals surface area contributed by atoms with Crippen molar-refractivity contribution < 1.29 is 9.59 Å². The molecule has 1 amide bonds. The van der Waals surface area contributed by atoms with Crippen LogP contribution < -0.4 is 5.32 Å². The number of Topliss-reactive ketones (excluding diaryl/α,β-unsaturated/α-hetero) is 1. The largest absolute Gasteiger partial charge is 0.321 e. The van der Waals surface area contributed by atoms with E-state index < -0.39 is 0 Å². The minimum absolute atomic E-state index is 0.0809. The molecule has 0 aromatic heterocycles. The number of halogens is 2. The van der Waals surface area contributed by atoms with E-state index >= 15 is 0 Å². The maximum absolute atomic E-state index is 12.3. The highest BCUT2D eigenvalue weighted by Crippen LogP contribution is 2.22. The second kappa shape index (κ2) is 6.49. The quantitative estimate of drug-likeness (QED) is 0.560. The molecule has 0 aliphatic carbocycles. The van der Waals surface area contributed by atoms with E-state index in [1.807, 2.05) is 12.1 Å². The third kappa shape index (κ3) is 3.46. The van der Waals surface area contributed by atoms with E-state index in [9.17, 15) is 9.59 Å². The monoisotopic (exact) mass is 443 g/mol. The SMILES string of the molecule is CC(=O)c1ccccc1NC(=O)c1cc(I)ccc1Br. The number of hydrogen-bond donors (Lipinski definition) is 1. The first-order valence-corrected chi connectivity index (χ1v) is 7.72. The van der Waals surface area contributed by atoms with Crippen LogP contribution in [0.15, 0.2) is 46.9 Å². The Balaban J connectivity index is 2.33. The molecule has 2 aromatic carbocycles. The second-order valence-electron chi connectivity index (χ2n) is 4.18. The minimum Gasteiger partial charge on any atom is -0.321 e. The van der Waals surface area contributed by atoms with E-state index in [-0.39, 0.29) is 11.7 Å². The van der Waals surface area contributed by atoms with E-state index in [4.69, 9.17) is 0 Å². The molecule has 2 rings (SSSR count). The van der Waals surface area contributed by atoms with Gasteiger partial charge in [-0.05, 0) is 75.8 Å². The third-order valence-corrected chi connectivity index (χ3v) is 4.09. The lowest BCUT2D eigenvalue weighted by molar-refractivity contribution is 0.101. The topological polar surface area (TPSA) is 46.2 Å². The van der Waals surface area contributed by atoms with E-state index in [0.717, 1.165) is 8.04 Å². The summed E-state index contributed by atoms with van der Waals surface area (Å²) in [4.78, 5) is 23.8. The van der Waals surface area contributed by atoms with Crippen molar-refractivity contribution in [3.63, 3.8) is 0 Å². The van der Waals surface area contributed by atoms with Crippen LogP contribution >= 0.6 is 38.5 Å². The van der Waals surface area contributed by atoms with E-state index in [1.165, 1.54) is 6.92 Å². The lowest BCUT2D eigenvalue weighted by Gasteiger charge is -2.10. The van der Waals surface area contributed by atoms with Gasteiger partial charge in [-0.3, -0.25) is 9.59 Å². The Kier molecular flexibility index (Phi) is 4.93. The molecule has 0 fully saturated rings. The summed E-state index contributed by atoms with van der Waals surface area (Å²) in [6, 6.07) is 12.5. The summed E-state index contributed by atoms with van der Waals surface area (Å²) >= 11 is 5.51. The molecule has 0 atom stereocenters. The Morgan fingerprint density at radius 2 is 1.80 bits per heavy atom. The number of carbonyl (C=O) groups is 2. The van der Waals surface area contributed by atoms with Crippen molar-refractivity contribution in [2.24, 2.45) is 0 Å². The molecule has 102 valence electrons. The fraction of sp³-hybridized carbons (Fsp3) is 0.0667. The standard InChI is InChI=1S/C15H11BrINO2/c1-9(19)11-4-2-3-5-14(11)18-15(20)12-8-10(17)6-7-13(12)16/h2-8H,1H3,(H,18,20). The van der Waals surface area contributed by atoms with Gasteiger partial charge >= 0.3 is 0 Å². The van der Waals surface area contributed by atoms with Crippen molar-refractivity contribution in [3.8, 4) is 0 Å². The number of hydrogen-bond acceptors (Lipinski definition) is 2. The smallest absolute Gasteiger partial charge is 0.256 e. The Labute approximate surface area is 139 Å². The summed E-state index contributed by atoms with van der Waals surface area (Å²) in [5, 5.41) is 2.78. The lowest BCUT2D eigenvalue weighted by atomic mass is 10.1. The van der Waals surface area contributed by atoms with E-state index in [0.29, 0.717) is 16.8 Å². The molecule has 20 heavy (non-hydrogen) atoms. The number of amides is 1. The molecule has 5 heteroatoms. The molecule has 0 radical (unpaired) electrons. The number of para-hydroxylation sites is 1. The number of carbonyl (C=O) groups excluding carboxylic acids is 2. The molecule has 0 heterocycles. The molecule has 0 unspecified atom stereocenters. The van der Waals surface area contributed by atoms with Crippen LogP contribution in [0.2, 0.25) is 0 Å². The van der Waals surface area contributed by atoms with Crippen LogP contribution in [0.25, 0.3) is 0 Å². The third-order valence-electron chi connectivity index (χ3n) is 2.73. The van der Waals surface area contributed by atoms with Crippen LogP contribution in [-0.2, 0) is 0 Å². The molecule has 0 saturated heterocycles. The van der Waals surface area contributed by atoms with Gasteiger partial charge in [0.1, 0.15) is 0 Å². The van der Waals surface area contributed by atoms with Crippen molar-refractivity contribution >= 4 is 55.9 Å². The molecular weight excluding hydrogens is 433 g/mol. The molecule has 2 aromatic rings. The van der Waals surface area contributed by atoms with Gasteiger partial charge in [0.15, 0.2) is 5.78 Å². The normalized spacial score (nSPS) is 10.2. The van der Waals surface area contributed by atoms with Gasteiger partial charge in [0.2, 0.25) is 0 Å². The summed E-state index contributed by atoms with van der Waals surface area (Å²) in [7, 11) is 0. The Bertz CT molecular complexity index is 685. The predicted molar refractivity (Wildman–Crippen MR) is 91.3 cm³/mol.